The van der Waals surface area contributed by atoms with Crippen LogP contribution >= 0.6 is 15.9 Å². The van der Waals surface area contributed by atoms with E-state index in [4.69, 9.17) is 4.74 Å². The van der Waals surface area contributed by atoms with Crippen LogP contribution in [0.4, 0.5) is 19.3 Å². The van der Waals surface area contributed by atoms with E-state index in [1.54, 1.807) is 25.3 Å². The molecule has 0 spiro atoms. The number of carbonyl (C=O) groups is 1. The second kappa shape index (κ2) is 11.0. The van der Waals surface area contributed by atoms with E-state index in [-0.39, 0.29) is 12.0 Å². The molecule has 3 aromatic rings. The van der Waals surface area contributed by atoms with Crippen LogP contribution in [0.3, 0.4) is 0 Å². The minimum absolute atomic E-state index is 0.200. The Labute approximate surface area is 205 Å². The Bertz CT molecular complexity index is 1150. The normalized spacial score (nSPS) is 18.1. The van der Waals surface area contributed by atoms with Crippen molar-refractivity contribution in [3.05, 3.63) is 82.5 Å². The average molecular weight is 531 g/mol. The summed E-state index contributed by atoms with van der Waals surface area (Å²) in [7, 11) is 1.63. The lowest BCUT2D eigenvalue weighted by atomic mass is 9.94. The molecule has 0 radical (unpaired) electrons. The SMILES string of the molecule is COCCN1C[C@@H](NC(=O)Nc2ccc(Br)nc2-c2ccccc2)[C@H](c2ccc(F)c(F)c2)C1. The molecule has 2 heterocycles. The molecular formula is C25H25BrF2N4O2. The second-order valence-corrected chi connectivity index (χ2v) is 8.95. The number of nitrogens with one attached hydrogen (secondary N) is 2. The largest absolute Gasteiger partial charge is 0.383 e. The summed E-state index contributed by atoms with van der Waals surface area (Å²) < 4.78 is 33.3. The molecule has 34 heavy (non-hydrogen) atoms. The van der Waals surface area contributed by atoms with Gasteiger partial charge in [0.2, 0.25) is 0 Å². The molecule has 178 valence electrons. The van der Waals surface area contributed by atoms with Gasteiger partial charge in [-0.05, 0) is 45.8 Å². The minimum Gasteiger partial charge on any atom is -0.383 e. The van der Waals surface area contributed by atoms with Gasteiger partial charge in [-0.3, -0.25) is 4.90 Å². The number of nitrogens with zero attached hydrogens (tertiary/aromatic N) is 2. The first-order chi connectivity index (χ1) is 16.4. The summed E-state index contributed by atoms with van der Waals surface area (Å²) in [6.45, 7) is 2.36. The third-order valence-corrected chi connectivity index (χ3v) is 6.29. The van der Waals surface area contributed by atoms with Crippen molar-refractivity contribution in [3.63, 3.8) is 0 Å². The zero-order chi connectivity index (χ0) is 24.1. The maximum Gasteiger partial charge on any atom is 0.319 e. The summed E-state index contributed by atoms with van der Waals surface area (Å²) >= 11 is 3.39. The van der Waals surface area contributed by atoms with Crippen LogP contribution in [0.25, 0.3) is 11.3 Å². The van der Waals surface area contributed by atoms with Crippen molar-refractivity contribution in [3.8, 4) is 11.3 Å². The fraction of sp³-hybridized carbons (Fsp3) is 0.280. The minimum atomic E-state index is -0.899. The molecule has 6 nitrogen and oxygen atoms in total. The van der Waals surface area contributed by atoms with E-state index < -0.39 is 17.7 Å². The lowest BCUT2D eigenvalue weighted by Gasteiger charge is -2.21. The van der Waals surface area contributed by atoms with Gasteiger partial charge in [0.05, 0.1) is 24.0 Å². The van der Waals surface area contributed by atoms with Crippen molar-refractivity contribution >= 4 is 27.6 Å². The number of likely N-dealkylation sites (tertiary alicyclic amines) is 1. The summed E-state index contributed by atoms with van der Waals surface area (Å²) in [5.41, 5.74) is 2.70. The highest BCUT2D eigenvalue weighted by atomic mass is 79.9. The van der Waals surface area contributed by atoms with E-state index >= 15 is 0 Å². The number of amides is 2. The van der Waals surface area contributed by atoms with Crippen LogP contribution in [0.2, 0.25) is 0 Å². The molecule has 2 atom stereocenters. The highest BCUT2D eigenvalue weighted by Crippen LogP contribution is 2.30. The number of benzene rings is 2. The smallest absolute Gasteiger partial charge is 0.319 e. The van der Waals surface area contributed by atoms with Gasteiger partial charge >= 0.3 is 6.03 Å². The third kappa shape index (κ3) is 5.78. The van der Waals surface area contributed by atoms with Crippen molar-refractivity contribution in [1.29, 1.82) is 0 Å². The summed E-state index contributed by atoms with van der Waals surface area (Å²) in [6.07, 6.45) is 0. The Morgan fingerprint density at radius 1 is 1.12 bits per heavy atom. The van der Waals surface area contributed by atoms with Crippen molar-refractivity contribution in [2.45, 2.75) is 12.0 Å². The topological polar surface area (TPSA) is 66.5 Å². The molecule has 1 aliphatic rings. The number of carbonyl (C=O) groups excluding carboxylic acids is 1. The number of pyridine rings is 1. The predicted molar refractivity (Wildman–Crippen MR) is 131 cm³/mol. The van der Waals surface area contributed by atoms with Crippen LogP contribution in [-0.4, -0.2) is 55.3 Å². The second-order valence-electron chi connectivity index (χ2n) is 8.13. The van der Waals surface area contributed by atoms with E-state index in [0.717, 1.165) is 11.6 Å². The van der Waals surface area contributed by atoms with Gasteiger partial charge < -0.3 is 15.4 Å². The number of hydrogen-bond donors (Lipinski definition) is 2. The Morgan fingerprint density at radius 2 is 1.91 bits per heavy atom. The van der Waals surface area contributed by atoms with Crippen molar-refractivity contribution in [2.24, 2.45) is 0 Å². The summed E-state index contributed by atoms with van der Waals surface area (Å²) in [5.74, 6) is -1.99. The maximum absolute atomic E-state index is 13.9. The molecule has 2 amide bonds. The third-order valence-electron chi connectivity index (χ3n) is 5.85. The number of anilines is 1. The molecule has 0 aliphatic carbocycles. The molecule has 0 saturated carbocycles. The van der Waals surface area contributed by atoms with Crippen LogP contribution in [0.15, 0.2) is 65.3 Å². The first-order valence-electron chi connectivity index (χ1n) is 10.9. The van der Waals surface area contributed by atoms with Gasteiger partial charge in [-0.15, -0.1) is 0 Å². The molecule has 2 aromatic carbocycles. The number of aromatic nitrogens is 1. The van der Waals surface area contributed by atoms with Crippen LogP contribution < -0.4 is 10.6 Å². The Hall–Kier alpha value is -2.88. The fourth-order valence-electron chi connectivity index (χ4n) is 4.19. The molecule has 4 rings (SSSR count). The van der Waals surface area contributed by atoms with Gasteiger partial charge in [0.1, 0.15) is 4.60 Å². The maximum atomic E-state index is 13.9. The highest BCUT2D eigenvalue weighted by Gasteiger charge is 2.35. The monoisotopic (exact) mass is 530 g/mol. The van der Waals surface area contributed by atoms with Crippen molar-refractivity contribution < 1.29 is 18.3 Å². The number of rotatable bonds is 7. The van der Waals surface area contributed by atoms with E-state index in [2.05, 4.69) is 36.4 Å². The van der Waals surface area contributed by atoms with Gasteiger partial charge in [-0.25, -0.2) is 18.6 Å². The standard InChI is InChI=1S/C25H25BrF2N4O2/c1-34-12-11-32-14-18(17-7-8-19(27)20(28)13-17)22(15-32)30-25(33)29-21-9-10-23(26)31-24(21)16-5-3-2-4-6-16/h2-10,13,18,22H,11-12,14-15H2,1H3,(H2,29,30,33)/t18-,22+/m0/s1. The molecule has 1 aromatic heterocycles. The Kier molecular flexibility index (Phi) is 7.87. The van der Waals surface area contributed by atoms with Crippen LogP contribution in [0, 0.1) is 11.6 Å². The fourth-order valence-corrected chi connectivity index (χ4v) is 4.50. The van der Waals surface area contributed by atoms with E-state index in [1.165, 1.54) is 6.07 Å². The van der Waals surface area contributed by atoms with Crippen molar-refractivity contribution in [2.75, 3.05) is 38.7 Å². The number of hydrogen-bond acceptors (Lipinski definition) is 4. The van der Waals surface area contributed by atoms with Gasteiger partial charge in [-0.1, -0.05) is 36.4 Å². The van der Waals surface area contributed by atoms with Gasteiger partial charge in [0, 0.05) is 38.2 Å². The lowest BCUT2D eigenvalue weighted by molar-refractivity contribution is 0.159. The first kappa shape index (κ1) is 24.3. The van der Waals surface area contributed by atoms with Gasteiger partial charge in [0.15, 0.2) is 11.6 Å². The lowest BCUT2D eigenvalue weighted by Crippen LogP contribution is -2.42. The Balaban J connectivity index is 1.53. The van der Waals surface area contributed by atoms with Crippen LogP contribution in [0.1, 0.15) is 11.5 Å². The molecule has 1 fully saturated rings. The number of ether oxygens (including phenoxy) is 1. The molecule has 1 aliphatic heterocycles. The molecule has 0 bridgehead atoms. The van der Waals surface area contributed by atoms with Crippen LogP contribution in [-0.2, 0) is 4.74 Å². The molecule has 1 saturated heterocycles. The number of halogens is 3. The van der Waals surface area contributed by atoms with E-state index in [1.807, 2.05) is 30.3 Å². The number of methoxy groups -OCH3 is 1. The molecule has 9 heteroatoms. The number of urea groups is 1. The summed E-state index contributed by atoms with van der Waals surface area (Å²) in [5, 5.41) is 5.92. The van der Waals surface area contributed by atoms with Crippen LogP contribution in [0.5, 0.6) is 0 Å². The molecule has 2 N–H and O–H groups in total. The summed E-state index contributed by atoms with van der Waals surface area (Å²) in [4.78, 5) is 19.7. The van der Waals surface area contributed by atoms with Crippen molar-refractivity contribution in [1.82, 2.24) is 15.2 Å². The highest BCUT2D eigenvalue weighted by molar-refractivity contribution is 9.10. The quantitative estimate of drug-likeness (QED) is 0.420. The molecular weight excluding hydrogens is 506 g/mol. The van der Waals surface area contributed by atoms with Gasteiger partial charge in [-0.2, -0.15) is 0 Å². The average Bonchev–Trinajstić information content (AvgIpc) is 3.23. The Morgan fingerprint density at radius 3 is 2.65 bits per heavy atom. The first-order valence-corrected chi connectivity index (χ1v) is 11.7. The van der Waals surface area contributed by atoms with Gasteiger partial charge in [0.25, 0.3) is 0 Å². The molecule has 0 unspecified atom stereocenters. The predicted octanol–water partition coefficient (Wildman–Crippen LogP) is 5.03. The zero-order valence-corrected chi connectivity index (χ0v) is 20.2. The van der Waals surface area contributed by atoms with E-state index in [0.29, 0.717) is 47.8 Å². The zero-order valence-electron chi connectivity index (χ0n) is 18.6. The summed E-state index contributed by atoms with van der Waals surface area (Å²) in [6, 6.07) is 16.3. The van der Waals surface area contributed by atoms with E-state index in [9.17, 15) is 13.6 Å².